The minimum atomic E-state index is -0.314. The van der Waals surface area contributed by atoms with Crippen molar-refractivity contribution in [3.8, 4) is 0 Å². The lowest BCUT2D eigenvalue weighted by atomic mass is 9.83. The van der Waals surface area contributed by atoms with E-state index >= 15 is 0 Å². The number of carbonyl (C=O) groups excluding carboxylic acids is 2. The molecule has 4 heterocycles. The SMILES string of the molecule is Cn1nc(C(=O)NCC2CC2)c2c1CC1(CCN(C(=O)c3ccncn3)CC1)OC2. The molecule has 9 nitrogen and oxygen atoms in total. The van der Waals surface area contributed by atoms with Gasteiger partial charge in [0.15, 0.2) is 5.69 Å². The third-order valence-corrected chi connectivity index (χ3v) is 6.51. The molecular formula is C21H26N6O3. The number of carbonyl (C=O) groups is 2. The predicted octanol–water partition coefficient (Wildman–Crippen LogP) is 1.10. The molecule has 0 atom stereocenters. The lowest BCUT2D eigenvalue weighted by molar-refractivity contribution is -0.0990. The van der Waals surface area contributed by atoms with Crippen LogP contribution in [0.2, 0.25) is 0 Å². The van der Waals surface area contributed by atoms with Crippen LogP contribution in [0.15, 0.2) is 18.6 Å². The second-order valence-corrected chi connectivity index (χ2v) is 8.59. The number of rotatable bonds is 4. The molecule has 5 rings (SSSR count). The Balaban J connectivity index is 1.26. The average Bonchev–Trinajstić information content (AvgIpc) is 3.56. The summed E-state index contributed by atoms with van der Waals surface area (Å²) in [6.45, 7) is 2.34. The monoisotopic (exact) mass is 410 g/mol. The van der Waals surface area contributed by atoms with Crippen molar-refractivity contribution in [2.45, 2.75) is 44.3 Å². The molecule has 0 bridgehead atoms. The zero-order chi connectivity index (χ0) is 20.7. The van der Waals surface area contributed by atoms with Crippen molar-refractivity contribution in [1.82, 2.24) is 30.0 Å². The zero-order valence-electron chi connectivity index (χ0n) is 17.1. The van der Waals surface area contributed by atoms with Gasteiger partial charge in [-0.2, -0.15) is 5.10 Å². The first kappa shape index (κ1) is 19.2. The number of nitrogens with zero attached hydrogens (tertiary/aromatic N) is 5. The third-order valence-electron chi connectivity index (χ3n) is 6.51. The van der Waals surface area contributed by atoms with E-state index in [0.29, 0.717) is 43.4 Å². The Labute approximate surface area is 174 Å². The maximum Gasteiger partial charge on any atom is 0.272 e. The molecule has 0 unspecified atom stereocenters. The quantitative estimate of drug-likeness (QED) is 0.810. The molecule has 9 heteroatoms. The molecule has 1 aliphatic carbocycles. The highest BCUT2D eigenvalue weighted by molar-refractivity contribution is 5.94. The fourth-order valence-electron chi connectivity index (χ4n) is 4.40. The summed E-state index contributed by atoms with van der Waals surface area (Å²) in [7, 11) is 1.89. The molecule has 3 aliphatic rings. The van der Waals surface area contributed by atoms with Crippen LogP contribution < -0.4 is 5.32 Å². The molecule has 2 amide bonds. The van der Waals surface area contributed by atoms with E-state index in [0.717, 1.165) is 30.6 Å². The van der Waals surface area contributed by atoms with Crippen LogP contribution in [0.3, 0.4) is 0 Å². The summed E-state index contributed by atoms with van der Waals surface area (Å²) >= 11 is 0. The number of aryl methyl sites for hydroxylation is 1. The molecule has 1 spiro atoms. The smallest absolute Gasteiger partial charge is 0.272 e. The van der Waals surface area contributed by atoms with Crippen molar-refractivity contribution in [3.05, 3.63) is 41.2 Å². The van der Waals surface area contributed by atoms with Gasteiger partial charge in [0.1, 0.15) is 12.0 Å². The van der Waals surface area contributed by atoms with Gasteiger partial charge in [0.2, 0.25) is 0 Å². The number of fused-ring (bicyclic) bond motifs is 1. The highest BCUT2D eigenvalue weighted by Gasteiger charge is 2.42. The summed E-state index contributed by atoms with van der Waals surface area (Å²) in [5.74, 6) is 0.450. The molecule has 2 aliphatic heterocycles. The van der Waals surface area contributed by atoms with Crippen LogP contribution in [0, 0.1) is 5.92 Å². The van der Waals surface area contributed by atoms with Crippen LogP contribution in [-0.2, 0) is 24.8 Å². The van der Waals surface area contributed by atoms with Crippen LogP contribution in [0.5, 0.6) is 0 Å². The topological polar surface area (TPSA) is 102 Å². The van der Waals surface area contributed by atoms with E-state index in [1.54, 1.807) is 12.3 Å². The van der Waals surface area contributed by atoms with Gasteiger partial charge in [-0.3, -0.25) is 14.3 Å². The molecule has 2 aromatic heterocycles. The number of aromatic nitrogens is 4. The van der Waals surface area contributed by atoms with E-state index < -0.39 is 0 Å². The van der Waals surface area contributed by atoms with Crippen LogP contribution in [0.4, 0.5) is 0 Å². The number of ether oxygens (including phenoxy) is 1. The molecule has 0 aromatic carbocycles. The summed E-state index contributed by atoms with van der Waals surface area (Å²) in [5.41, 5.74) is 2.55. The normalized spacial score (nSPS) is 20.1. The lowest BCUT2D eigenvalue weighted by Gasteiger charge is -2.43. The summed E-state index contributed by atoms with van der Waals surface area (Å²) in [6.07, 6.45) is 7.57. The first-order valence-corrected chi connectivity index (χ1v) is 10.6. The molecular weight excluding hydrogens is 384 g/mol. The van der Waals surface area contributed by atoms with Crippen molar-refractivity contribution >= 4 is 11.8 Å². The second kappa shape index (κ2) is 7.46. The number of nitrogens with one attached hydrogen (secondary N) is 1. The zero-order valence-corrected chi connectivity index (χ0v) is 17.1. The Bertz CT molecular complexity index is 961. The Morgan fingerprint density at radius 1 is 1.30 bits per heavy atom. The van der Waals surface area contributed by atoms with Crippen molar-refractivity contribution in [2.24, 2.45) is 13.0 Å². The number of amides is 2. The van der Waals surface area contributed by atoms with Crippen LogP contribution in [-0.4, -0.2) is 61.7 Å². The van der Waals surface area contributed by atoms with Gasteiger partial charge in [-0.05, 0) is 37.7 Å². The van der Waals surface area contributed by atoms with Gasteiger partial charge < -0.3 is 15.0 Å². The van der Waals surface area contributed by atoms with Crippen LogP contribution in [0.1, 0.15) is 57.9 Å². The van der Waals surface area contributed by atoms with Crippen molar-refractivity contribution in [3.63, 3.8) is 0 Å². The molecule has 1 saturated heterocycles. The molecule has 158 valence electrons. The van der Waals surface area contributed by atoms with Gasteiger partial charge in [-0.25, -0.2) is 9.97 Å². The van der Waals surface area contributed by atoms with Gasteiger partial charge >= 0.3 is 0 Å². The van der Waals surface area contributed by atoms with E-state index in [4.69, 9.17) is 4.74 Å². The highest BCUT2D eigenvalue weighted by atomic mass is 16.5. The molecule has 30 heavy (non-hydrogen) atoms. The van der Waals surface area contributed by atoms with Gasteiger partial charge in [0.05, 0.1) is 12.2 Å². The Morgan fingerprint density at radius 3 is 2.80 bits per heavy atom. The fraction of sp³-hybridized carbons (Fsp3) is 0.571. The predicted molar refractivity (Wildman–Crippen MR) is 107 cm³/mol. The minimum Gasteiger partial charge on any atom is -0.370 e. The number of hydrogen-bond acceptors (Lipinski definition) is 6. The summed E-state index contributed by atoms with van der Waals surface area (Å²) < 4.78 is 8.14. The molecule has 2 aromatic rings. The number of piperidine rings is 1. The number of likely N-dealkylation sites (tertiary alicyclic amines) is 1. The first-order valence-electron chi connectivity index (χ1n) is 10.6. The highest BCUT2D eigenvalue weighted by Crippen LogP contribution is 2.37. The van der Waals surface area contributed by atoms with Gasteiger partial charge in [-0.1, -0.05) is 0 Å². The lowest BCUT2D eigenvalue weighted by Crippen LogP contribution is -2.50. The average molecular weight is 410 g/mol. The van der Waals surface area contributed by atoms with Gasteiger partial charge in [0, 0.05) is 50.6 Å². The summed E-state index contributed by atoms with van der Waals surface area (Å²) in [5, 5.41) is 7.50. The Morgan fingerprint density at radius 2 is 2.10 bits per heavy atom. The van der Waals surface area contributed by atoms with Crippen molar-refractivity contribution in [1.29, 1.82) is 0 Å². The molecule has 1 saturated carbocycles. The fourth-order valence-corrected chi connectivity index (χ4v) is 4.40. The summed E-state index contributed by atoms with van der Waals surface area (Å²) in [4.78, 5) is 35.0. The van der Waals surface area contributed by atoms with E-state index in [-0.39, 0.29) is 17.4 Å². The van der Waals surface area contributed by atoms with Crippen molar-refractivity contribution < 1.29 is 14.3 Å². The van der Waals surface area contributed by atoms with Gasteiger partial charge in [0.25, 0.3) is 11.8 Å². The first-order chi connectivity index (χ1) is 14.5. The van der Waals surface area contributed by atoms with Gasteiger partial charge in [-0.15, -0.1) is 0 Å². The minimum absolute atomic E-state index is 0.0705. The summed E-state index contributed by atoms with van der Waals surface area (Å²) in [6, 6.07) is 1.64. The molecule has 0 radical (unpaired) electrons. The largest absolute Gasteiger partial charge is 0.370 e. The second-order valence-electron chi connectivity index (χ2n) is 8.59. The van der Waals surface area contributed by atoms with Crippen LogP contribution >= 0.6 is 0 Å². The maximum absolute atomic E-state index is 12.7. The number of hydrogen-bond donors (Lipinski definition) is 1. The molecule has 2 fully saturated rings. The van der Waals surface area contributed by atoms with Crippen molar-refractivity contribution in [2.75, 3.05) is 19.6 Å². The Kier molecular flexibility index (Phi) is 4.77. The van der Waals surface area contributed by atoms with E-state index in [2.05, 4.69) is 20.4 Å². The Hall–Kier alpha value is -2.81. The van der Waals surface area contributed by atoms with E-state index in [1.807, 2.05) is 16.6 Å². The third kappa shape index (κ3) is 3.58. The maximum atomic E-state index is 12.7. The molecule has 1 N–H and O–H groups in total. The van der Waals surface area contributed by atoms with Crippen LogP contribution in [0.25, 0.3) is 0 Å². The van der Waals surface area contributed by atoms with E-state index in [1.165, 1.54) is 19.2 Å². The standard InChI is InChI=1S/C21H26N6O3/c1-26-17-10-21(5-8-27(9-6-21)20(29)16-4-7-22-13-24-16)30-12-15(17)18(25-26)19(28)23-11-14-2-3-14/h4,7,13-14H,2-3,5-6,8-12H2,1H3,(H,23,28). The van der Waals surface area contributed by atoms with E-state index in [9.17, 15) is 9.59 Å².